The number of rotatable bonds is 7. The number of amides is 2. The molecule has 1 aromatic carbocycles. The third-order valence-electron chi connectivity index (χ3n) is 4.14. The Kier molecular flexibility index (Phi) is 6.03. The quantitative estimate of drug-likeness (QED) is 0.628. The van der Waals surface area contributed by atoms with Crippen molar-refractivity contribution in [3.8, 4) is 0 Å². The van der Waals surface area contributed by atoms with Gasteiger partial charge in [-0.15, -0.1) is 22.7 Å². The number of anilines is 1. The van der Waals surface area contributed by atoms with E-state index >= 15 is 0 Å². The van der Waals surface area contributed by atoms with E-state index in [0.29, 0.717) is 22.2 Å². The van der Waals surface area contributed by atoms with Gasteiger partial charge in [0.25, 0.3) is 5.91 Å². The van der Waals surface area contributed by atoms with E-state index in [0.717, 1.165) is 0 Å². The summed E-state index contributed by atoms with van der Waals surface area (Å²) in [6.07, 6.45) is 0.191. The monoisotopic (exact) mass is 399 g/mol. The summed E-state index contributed by atoms with van der Waals surface area (Å²) >= 11 is 2.69. The average molecular weight is 400 g/mol. The molecule has 2 heterocycles. The first-order chi connectivity index (χ1) is 12.9. The van der Waals surface area contributed by atoms with Gasteiger partial charge >= 0.3 is 0 Å². The Bertz CT molecular complexity index is 902. The van der Waals surface area contributed by atoms with Gasteiger partial charge in [-0.3, -0.25) is 14.9 Å². The maximum Gasteiger partial charge on any atom is 0.267 e. The Labute approximate surface area is 166 Å². The van der Waals surface area contributed by atoms with Crippen LogP contribution < -0.4 is 10.6 Å². The largest absolute Gasteiger partial charge is 0.355 e. The molecule has 0 saturated heterocycles. The number of thiophene rings is 1. The molecule has 5 nitrogen and oxygen atoms in total. The smallest absolute Gasteiger partial charge is 0.267 e. The molecule has 0 radical (unpaired) electrons. The highest BCUT2D eigenvalue weighted by atomic mass is 32.1. The fourth-order valence-electron chi connectivity index (χ4n) is 2.55. The SMILES string of the molecule is CC(C)(CNC(=O)Cc1csc(NC(=O)c2cccs2)n1)c1ccccc1. The van der Waals surface area contributed by atoms with Crippen LogP contribution in [0.3, 0.4) is 0 Å². The van der Waals surface area contributed by atoms with Crippen molar-refractivity contribution in [2.24, 2.45) is 0 Å². The number of nitrogens with zero attached hydrogens (tertiary/aromatic N) is 1. The molecule has 0 aliphatic rings. The molecule has 2 amide bonds. The highest BCUT2D eigenvalue weighted by Crippen LogP contribution is 2.22. The standard InChI is InChI=1S/C20H21N3O2S2/c1-20(2,14-7-4-3-5-8-14)13-21-17(24)11-15-12-27-19(22-15)23-18(25)16-9-6-10-26-16/h3-10,12H,11,13H2,1-2H3,(H,21,24)(H,22,23,25). The van der Waals surface area contributed by atoms with Crippen LogP contribution >= 0.6 is 22.7 Å². The summed E-state index contributed by atoms with van der Waals surface area (Å²) in [5.74, 6) is -0.264. The lowest BCUT2D eigenvalue weighted by Gasteiger charge is -2.25. The molecule has 0 unspecified atom stereocenters. The second-order valence-electron chi connectivity index (χ2n) is 6.78. The number of hydrogen-bond acceptors (Lipinski definition) is 5. The Balaban J connectivity index is 1.51. The fourth-order valence-corrected chi connectivity index (χ4v) is 3.87. The molecule has 0 spiro atoms. The summed E-state index contributed by atoms with van der Waals surface area (Å²) in [6, 6.07) is 13.7. The van der Waals surface area contributed by atoms with Gasteiger partial charge in [-0.25, -0.2) is 4.98 Å². The Morgan fingerprint density at radius 1 is 1.07 bits per heavy atom. The zero-order valence-corrected chi connectivity index (χ0v) is 16.8. The third kappa shape index (κ3) is 5.24. The van der Waals surface area contributed by atoms with Crippen LogP contribution in [0.25, 0.3) is 0 Å². The van der Waals surface area contributed by atoms with E-state index in [4.69, 9.17) is 0 Å². The molecule has 0 saturated carbocycles. The van der Waals surface area contributed by atoms with Gasteiger partial charge in [0.15, 0.2) is 5.13 Å². The molecule has 0 fully saturated rings. The molecule has 7 heteroatoms. The molecular formula is C20H21N3O2S2. The Morgan fingerprint density at radius 3 is 2.56 bits per heavy atom. The summed E-state index contributed by atoms with van der Waals surface area (Å²) in [5, 5.41) is 9.89. The molecule has 0 aliphatic heterocycles. The van der Waals surface area contributed by atoms with Crippen LogP contribution in [0.5, 0.6) is 0 Å². The van der Waals surface area contributed by atoms with Gasteiger partial charge in [-0.1, -0.05) is 50.2 Å². The first-order valence-corrected chi connectivity index (χ1v) is 10.3. The predicted octanol–water partition coefficient (Wildman–Crippen LogP) is 4.09. The molecule has 27 heavy (non-hydrogen) atoms. The van der Waals surface area contributed by atoms with Gasteiger partial charge in [-0.2, -0.15) is 0 Å². The maximum atomic E-state index is 12.3. The molecule has 3 aromatic rings. The van der Waals surface area contributed by atoms with Crippen molar-refractivity contribution in [1.29, 1.82) is 0 Å². The van der Waals surface area contributed by atoms with Gasteiger partial charge < -0.3 is 5.32 Å². The van der Waals surface area contributed by atoms with Gasteiger partial charge in [0.2, 0.25) is 5.91 Å². The highest BCUT2D eigenvalue weighted by Gasteiger charge is 2.21. The number of carbonyl (C=O) groups excluding carboxylic acids is 2. The molecule has 140 valence electrons. The lowest BCUT2D eigenvalue weighted by Crippen LogP contribution is -2.37. The van der Waals surface area contributed by atoms with Crippen molar-refractivity contribution < 1.29 is 9.59 Å². The van der Waals surface area contributed by atoms with Gasteiger partial charge in [0.05, 0.1) is 17.0 Å². The molecule has 0 atom stereocenters. The van der Waals surface area contributed by atoms with Crippen molar-refractivity contribution in [3.63, 3.8) is 0 Å². The summed E-state index contributed by atoms with van der Waals surface area (Å²) in [5.41, 5.74) is 1.67. The fraction of sp³-hybridized carbons (Fsp3) is 0.250. The van der Waals surface area contributed by atoms with E-state index in [2.05, 4.69) is 41.6 Å². The number of carbonyl (C=O) groups is 2. The summed E-state index contributed by atoms with van der Waals surface area (Å²) in [7, 11) is 0. The van der Waals surface area contributed by atoms with E-state index < -0.39 is 0 Å². The van der Waals surface area contributed by atoms with Crippen LogP contribution in [-0.4, -0.2) is 23.3 Å². The van der Waals surface area contributed by atoms with E-state index in [9.17, 15) is 9.59 Å². The van der Waals surface area contributed by atoms with Crippen molar-refractivity contribution in [1.82, 2.24) is 10.3 Å². The number of aromatic nitrogens is 1. The van der Waals surface area contributed by atoms with Crippen molar-refractivity contribution >= 4 is 39.6 Å². The first kappa shape index (κ1) is 19.3. The van der Waals surface area contributed by atoms with Gasteiger partial charge in [-0.05, 0) is 17.0 Å². The van der Waals surface area contributed by atoms with E-state index in [1.165, 1.54) is 28.2 Å². The summed E-state index contributed by atoms with van der Waals surface area (Å²) in [6.45, 7) is 4.75. The van der Waals surface area contributed by atoms with Crippen molar-refractivity contribution in [2.75, 3.05) is 11.9 Å². The van der Waals surface area contributed by atoms with Crippen LogP contribution in [0.2, 0.25) is 0 Å². The third-order valence-corrected chi connectivity index (χ3v) is 5.82. The van der Waals surface area contributed by atoms with Crippen LogP contribution in [-0.2, 0) is 16.6 Å². The number of hydrogen-bond donors (Lipinski definition) is 2. The van der Waals surface area contributed by atoms with Crippen LogP contribution in [0, 0.1) is 0 Å². The molecule has 2 aromatic heterocycles. The topological polar surface area (TPSA) is 71.1 Å². The zero-order valence-electron chi connectivity index (χ0n) is 15.2. The lowest BCUT2D eigenvalue weighted by molar-refractivity contribution is -0.120. The highest BCUT2D eigenvalue weighted by molar-refractivity contribution is 7.14. The summed E-state index contributed by atoms with van der Waals surface area (Å²) < 4.78 is 0. The number of benzene rings is 1. The number of nitrogens with one attached hydrogen (secondary N) is 2. The Morgan fingerprint density at radius 2 is 1.85 bits per heavy atom. The molecule has 2 N–H and O–H groups in total. The van der Waals surface area contributed by atoms with Crippen LogP contribution in [0.1, 0.15) is 34.8 Å². The van der Waals surface area contributed by atoms with E-state index in [1.807, 2.05) is 29.6 Å². The zero-order chi connectivity index (χ0) is 19.3. The molecule has 3 rings (SSSR count). The van der Waals surface area contributed by atoms with Crippen LogP contribution in [0.15, 0.2) is 53.2 Å². The van der Waals surface area contributed by atoms with Gasteiger partial charge in [0.1, 0.15) is 0 Å². The number of thiazole rings is 1. The van der Waals surface area contributed by atoms with E-state index in [1.54, 1.807) is 11.4 Å². The molecular weight excluding hydrogens is 378 g/mol. The second-order valence-corrected chi connectivity index (χ2v) is 8.58. The predicted molar refractivity (Wildman–Crippen MR) is 111 cm³/mol. The van der Waals surface area contributed by atoms with Crippen molar-refractivity contribution in [2.45, 2.75) is 25.7 Å². The summed E-state index contributed by atoms with van der Waals surface area (Å²) in [4.78, 5) is 29.3. The Hall–Kier alpha value is -2.51. The maximum absolute atomic E-state index is 12.3. The van der Waals surface area contributed by atoms with Gasteiger partial charge in [0, 0.05) is 17.3 Å². The molecule has 0 bridgehead atoms. The lowest BCUT2D eigenvalue weighted by atomic mass is 9.84. The average Bonchev–Trinajstić information content (AvgIpc) is 3.33. The van der Waals surface area contributed by atoms with Crippen molar-refractivity contribution in [3.05, 3.63) is 69.4 Å². The normalized spacial score (nSPS) is 11.2. The van der Waals surface area contributed by atoms with Crippen LogP contribution in [0.4, 0.5) is 5.13 Å². The minimum absolute atomic E-state index is 0.0829. The first-order valence-electron chi connectivity index (χ1n) is 8.55. The van der Waals surface area contributed by atoms with E-state index in [-0.39, 0.29) is 23.7 Å². The minimum Gasteiger partial charge on any atom is -0.355 e. The minimum atomic E-state index is -0.181. The second kappa shape index (κ2) is 8.45. The molecule has 0 aliphatic carbocycles.